The number of fused-ring (bicyclic) bond motifs is 3. The summed E-state index contributed by atoms with van der Waals surface area (Å²) in [6, 6.07) is 10.8. The van der Waals surface area contributed by atoms with Crippen molar-refractivity contribution in [2.24, 2.45) is 0 Å². The summed E-state index contributed by atoms with van der Waals surface area (Å²) in [6.45, 7) is 2.27. The van der Waals surface area contributed by atoms with Crippen molar-refractivity contribution < 1.29 is 28.5 Å². The second-order valence-electron chi connectivity index (χ2n) is 7.41. The van der Waals surface area contributed by atoms with Gasteiger partial charge in [0.1, 0.15) is 6.61 Å². The Balaban J connectivity index is 1.97. The standard InChI is InChI=1S/C24H27N3O6/c1-14-19(23(28)33-13-12-29-2)20(15-10-11-18(30-3)22(32-5)21(15)31-4)27-17-9-7-6-8-16(17)26-24(27)25-14/h6-11,20H,12-13H2,1-5H3,(H,25,26)/t20-/m0/s1. The molecule has 174 valence electrons. The number of nitrogens with one attached hydrogen (secondary N) is 1. The lowest BCUT2D eigenvalue weighted by Crippen LogP contribution is -2.29. The van der Waals surface area contributed by atoms with Crippen LogP contribution >= 0.6 is 0 Å². The fourth-order valence-corrected chi connectivity index (χ4v) is 4.16. The third-order valence-electron chi connectivity index (χ3n) is 5.60. The molecule has 1 aliphatic rings. The zero-order valence-corrected chi connectivity index (χ0v) is 19.3. The minimum atomic E-state index is -0.585. The van der Waals surface area contributed by atoms with Crippen LogP contribution in [0.1, 0.15) is 18.5 Å². The Morgan fingerprint density at radius 1 is 1.00 bits per heavy atom. The fourth-order valence-electron chi connectivity index (χ4n) is 4.16. The summed E-state index contributed by atoms with van der Waals surface area (Å²) < 4.78 is 29.4. The number of hydrogen-bond acceptors (Lipinski definition) is 8. The van der Waals surface area contributed by atoms with Gasteiger partial charge in [-0.15, -0.1) is 0 Å². The van der Waals surface area contributed by atoms with E-state index in [0.717, 1.165) is 11.0 Å². The number of methoxy groups -OCH3 is 4. The maximum absolute atomic E-state index is 13.3. The van der Waals surface area contributed by atoms with E-state index in [2.05, 4.69) is 5.32 Å². The molecule has 0 unspecified atom stereocenters. The summed E-state index contributed by atoms with van der Waals surface area (Å²) in [5, 5.41) is 3.26. The number of para-hydroxylation sites is 2. The van der Waals surface area contributed by atoms with Crippen LogP contribution in [0.4, 0.5) is 5.95 Å². The molecule has 0 fully saturated rings. The molecule has 0 radical (unpaired) electrons. The van der Waals surface area contributed by atoms with Crippen molar-refractivity contribution >= 4 is 23.0 Å². The molecule has 2 aromatic carbocycles. The van der Waals surface area contributed by atoms with Crippen molar-refractivity contribution in [2.75, 3.05) is 47.0 Å². The second kappa shape index (κ2) is 9.41. The molecule has 0 aliphatic carbocycles. The number of allylic oxidation sites excluding steroid dienone is 1. The van der Waals surface area contributed by atoms with Gasteiger partial charge in [0, 0.05) is 18.4 Å². The summed E-state index contributed by atoms with van der Waals surface area (Å²) >= 11 is 0. The van der Waals surface area contributed by atoms with E-state index in [-0.39, 0.29) is 6.61 Å². The van der Waals surface area contributed by atoms with Gasteiger partial charge in [0.05, 0.1) is 50.6 Å². The first-order valence-corrected chi connectivity index (χ1v) is 10.4. The molecule has 1 aromatic heterocycles. The number of ether oxygens (including phenoxy) is 5. The lowest BCUT2D eigenvalue weighted by atomic mass is 9.93. The van der Waals surface area contributed by atoms with Crippen molar-refractivity contribution in [1.82, 2.24) is 9.55 Å². The van der Waals surface area contributed by atoms with Crippen molar-refractivity contribution in [2.45, 2.75) is 13.0 Å². The molecular formula is C24H27N3O6. The van der Waals surface area contributed by atoms with E-state index in [4.69, 9.17) is 28.7 Å². The van der Waals surface area contributed by atoms with E-state index >= 15 is 0 Å². The zero-order valence-electron chi connectivity index (χ0n) is 19.3. The molecule has 0 bridgehead atoms. The van der Waals surface area contributed by atoms with Gasteiger partial charge >= 0.3 is 5.97 Å². The van der Waals surface area contributed by atoms with Crippen LogP contribution in [0, 0.1) is 0 Å². The zero-order chi connectivity index (χ0) is 23.5. The van der Waals surface area contributed by atoms with E-state index in [1.807, 2.05) is 41.8 Å². The van der Waals surface area contributed by atoms with E-state index < -0.39 is 12.0 Å². The largest absolute Gasteiger partial charge is 0.493 e. The number of hydrogen-bond donors (Lipinski definition) is 1. The van der Waals surface area contributed by atoms with Crippen LogP contribution in [-0.4, -0.2) is 57.2 Å². The number of aromatic nitrogens is 2. The number of benzene rings is 2. The quantitative estimate of drug-likeness (QED) is 0.409. The van der Waals surface area contributed by atoms with Gasteiger partial charge in [0.15, 0.2) is 11.5 Å². The molecule has 2 heterocycles. The number of nitrogens with zero attached hydrogens (tertiary/aromatic N) is 2. The molecule has 0 spiro atoms. The molecule has 9 heteroatoms. The van der Waals surface area contributed by atoms with Crippen LogP contribution in [0.25, 0.3) is 11.0 Å². The number of anilines is 1. The second-order valence-corrected chi connectivity index (χ2v) is 7.41. The Morgan fingerprint density at radius 2 is 1.76 bits per heavy atom. The lowest BCUT2D eigenvalue weighted by Gasteiger charge is -2.31. The number of imidazole rings is 1. The Morgan fingerprint density at radius 3 is 2.45 bits per heavy atom. The smallest absolute Gasteiger partial charge is 0.338 e. The minimum absolute atomic E-state index is 0.138. The van der Waals surface area contributed by atoms with Crippen LogP contribution < -0.4 is 19.5 Å². The van der Waals surface area contributed by atoms with Crippen molar-refractivity contribution in [3.8, 4) is 17.2 Å². The maximum atomic E-state index is 13.3. The van der Waals surface area contributed by atoms with Gasteiger partial charge in [-0.1, -0.05) is 12.1 Å². The van der Waals surface area contributed by atoms with E-state index in [9.17, 15) is 4.79 Å². The highest BCUT2D eigenvalue weighted by molar-refractivity contribution is 5.94. The average molecular weight is 453 g/mol. The van der Waals surface area contributed by atoms with Crippen LogP contribution in [0.5, 0.6) is 17.2 Å². The predicted octanol–water partition coefficient (Wildman–Crippen LogP) is 3.54. The molecule has 9 nitrogen and oxygen atoms in total. The fraction of sp³-hybridized carbons (Fsp3) is 0.333. The number of carbonyl (C=O) groups excluding carboxylic acids is 1. The molecule has 0 saturated carbocycles. The summed E-state index contributed by atoms with van der Waals surface area (Å²) in [6.07, 6.45) is 0. The average Bonchev–Trinajstić information content (AvgIpc) is 3.19. The van der Waals surface area contributed by atoms with E-state index in [1.54, 1.807) is 34.5 Å². The van der Waals surface area contributed by atoms with Crippen LogP contribution in [0.3, 0.4) is 0 Å². The Hall–Kier alpha value is -3.72. The predicted molar refractivity (Wildman–Crippen MR) is 123 cm³/mol. The lowest BCUT2D eigenvalue weighted by molar-refractivity contribution is -0.140. The molecule has 4 rings (SSSR count). The Bertz CT molecular complexity index is 1220. The monoisotopic (exact) mass is 453 g/mol. The Kier molecular flexibility index (Phi) is 6.41. The molecule has 1 atom stereocenters. The summed E-state index contributed by atoms with van der Waals surface area (Å²) in [7, 11) is 6.22. The first kappa shape index (κ1) is 22.5. The third kappa shape index (κ3) is 3.84. The first-order chi connectivity index (χ1) is 16.0. The maximum Gasteiger partial charge on any atom is 0.338 e. The molecule has 0 amide bonds. The topological polar surface area (TPSA) is 93.1 Å². The van der Waals surface area contributed by atoms with Crippen molar-refractivity contribution in [3.63, 3.8) is 0 Å². The molecular weight excluding hydrogens is 426 g/mol. The van der Waals surface area contributed by atoms with Gasteiger partial charge in [-0.2, -0.15) is 0 Å². The summed E-state index contributed by atoms with van der Waals surface area (Å²) in [4.78, 5) is 18.0. The first-order valence-electron chi connectivity index (χ1n) is 10.4. The number of rotatable bonds is 8. The third-order valence-corrected chi connectivity index (χ3v) is 5.60. The van der Waals surface area contributed by atoms with Crippen LogP contribution in [-0.2, 0) is 14.3 Å². The molecule has 3 aromatic rings. The van der Waals surface area contributed by atoms with Crippen molar-refractivity contribution in [1.29, 1.82) is 0 Å². The van der Waals surface area contributed by atoms with Gasteiger partial charge in [-0.25, -0.2) is 9.78 Å². The Labute approximate surface area is 191 Å². The number of esters is 1. The van der Waals surface area contributed by atoms with Crippen LogP contribution in [0.2, 0.25) is 0 Å². The normalized spacial score (nSPS) is 15.1. The van der Waals surface area contributed by atoms with Gasteiger partial charge in [-0.3, -0.25) is 4.57 Å². The van der Waals surface area contributed by atoms with Crippen LogP contribution in [0.15, 0.2) is 47.7 Å². The molecule has 1 aliphatic heterocycles. The number of carbonyl (C=O) groups is 1. The highest BCUT2D eigenvalue weighted by Crippen LogP contribution is 2.48. The van der Waals surface area contributed by atoms with Gasteiger partial charge < -0.3 is 29.0 Å². The SMILES string of the molecule is COCCOC(=O)C1=C(C)Nc2nc3ccccc3n2[C@H]1c1ccc(OC)c(OC)c1OC. The molecule has 1 N–H and O–H groups in total. The highest BCUT2D eigenvalue weighted by atomic mass is 16.6. The molecule has 0 saturated heterocycles. The van der Waals surface area contributed by atoms with Gasteiger partial charge in [0.25, 0.3) is 0 Å². The summed E-state index contributed by atoms with van der Waals surface area (Å²) in [5.41, 5.74) is 3.44. The van der Waals surface area contributed by atoms with Gasteiger partial charge in [-0.05, 0) is 31.2 Å². The van der Waals surface area contributed by atoms with E-state index in [1.165, 1.54) is 0 Å². The minimum Gasteiger partial charge on any atom is -0.493 e. The van der Waals surface area contributed by atoms with E-state index in [0.29, 0.717) is 46.6 Å². The summed E-state index contributed by atoms with van der Waals surface area (Å²) in [5.74, 6) is 1.58. The highest BCUT2D eigenvalue weighted by Gasteiger charge is 2.37. The van der Waals surface area contributed by atoms with Crippen molar-refractivity contribution in [3.05, 3.63) is 53.2 Å². The molecule has 33 heavy (non-hydrogen) atoms. The van der Waals surface area contributed by atoms with Gasteiger partial charge in [0.2, 0.25) is 11.7 Å².